The highest BCUT2D eigenvalue weighted by Gasteiger charge is 2.41. The number of anilines is 1. The zero-order chi connectivity index (χ0) is 25.1. The molecule has 0 radical (unpaired) electrons. The average Bonchev–Trinajstić information content (AvgIpc) is 3.44. The number of benzene rings is 1. The van der Waals surface area contributed by atoms with Crippen LogP contribution >= 0.6 is 12.2 Å². The number of hydrogen-bond donors (Lipinski definition) is 2. The maximum atomic E-state index is 14.0. The average molecular weight is 501 g/mol. The molecule has 0 bridgehead atoms. The van der Waals surface area contributed by atoms with Crippen LogP contribution in [-0.4, -0.2) is 37.0 Å². The van der Waals surface area contributed by atoms with Crippen molar-refractivity contribution in [2.45, 2.75) is 25.4 Å². The van der Waals surface area contributed by atoms with E-state index in [4.69, 9.17) is 12.2 Å². The van der Waals surface area contributed by atoms with Gasteiger partial charge in [-0.15, -0.1) is 0 Å². The van der Waals surface area contributed by atoms with Gasteiger partial charge in [0.2, 0.25) is 5.91 Å². The first-order valence-electron chi connectivity index (χ1n) is 11.6. The number of para-hydroxylation sites is 1. The lowest BCUT2D eigenvalue weighted by atomic mass is 10.0. The molecular formula is C27H25FN6OS. The van der Waals surface area contributed by atoms with E-state index in [-0.39, 0.29) is 30.1 Å². The number of rotatable bonds is 7. The Morgan fingerprint density at radius 3 is 2.67 bits per heavy atom. The van der Waals surface area contributed by atoms with Crippen LogP contribution in [0.2, 0.25) is 0 Å². The van der Waals surface area contributed by atoms with Crippen LogP contribution in [0, 0.1) is 12.7 Å². The van der Waals surface area contributed by atoms with E-state index in [0.29, 0.717) is 11.7 Å². The standard InChI is InChI=1S/C27H25FN6OS/c1-18-11-12-23(34(18)19-7-6-14-29-17-19)26-25(22-10-4-5-15-30-22)32-27(36)33(26)16-13-24(35)31-21-9-3-2-8-20(21)28/h2-12,14-15,17,25-26H,13,16H2,1H3,(H,31,35)(H,32,36)/t25-,26-/m0/s1. The molecule has 1 amide bonds. The molecule has 9 heteroatoms. The lowest BCUT2D eigenvalue weighted by Gasteiger charge is -2.29. The molecule has 1 aliphatic heterocycles. The van der Waals surface area contributed by atoms with E-state index in [0.717, 1.165) is 22.8 Å². The maximum Gasteiger partial charge on any atom is 0.226 e. The summed E-state index contributed by atoms with van der Waals surface area (Å²) in [5.74, 6) is -0.760. The van der Waals surface area contributed by atoms with Gasteiger partial charge in [0.25, 0.3) is 0 Å². The van der Waals surface area contributed by atoms with Crippen LogP contribution in [0.15, 0.2) is 85.3 Å². The van der Waals surface area contributed by atoms with Crippen LogP contribution in [-0.2, 0) is 4.79 Å². The molecule has 0 unspecified atom stereocenters. The first-order chi connectivity index (χ1) is 17.5. The van der Waals surface area contributed by atoms with Gasteiger partial charge in [0.1, 0.15) is 5.82 Å². The molecule has 3 aromatic heterocycles. The smallest absolute Gasteiger partial charge is 0.226 e. The number of pyridine rings is 2. The van der Waals surface area contributed by atoms with Crippen molar-refractivity contribution in [3.8, 4) is 5.69 Å². The fourth-order valence-electron chi connectivity index (χ4n) is 4.59. The zero-order valence-electron chi connectivity index (χ0n) is 19.6. The summed E-state index contributed by atoms with van der Waals surface area (Å²) in [5, 5.41) is 6.60. The number of nitrogens with zero attached hydrogens (tertiary/aromatic N) is 4. The van der Waals surface area contributed by atoms with Crippen molar-refractivity contribution < 1.29 is 9.18 Å². The molecule has 0 saturated carbocycles. The highest BCUT2D eigenvalue weighted by atomic mass is 32.1. The molecule has 7 nitrogen and oxygen atoms in total. The predicted octanol–water partition coefficient (Wildman–Crippen LogP) is 4.72. The van der Waals surface area contributed by atoms with E-state index in [1.807, 2.05) is 48.4 Å². The second-order valence-corrected chi connectivity index (χ2v) is 8.93. The number of aryl methyl sites for hydroxylation is 1. The summed E-state index contributed by atoms with van der Waals surface area (Å²) in [5.41, 5.74) is 3.99. The molecule has 1 fully saturated rings. The normalized spacial score (nSPS) is 17.2. The third kappa shape index (κ3) is 4.70. The minimum absolute atomic E-state index is 0.133. The van der Waals surface area contributed by atoms with Gasteiger partial charge in [-0.2, -0.15) is 0 Å². The monoisotopic (exact) mass is 500 g/mol. The van der Waals surface area contributed by atoms with Gasteiger partial charge in [0.05, 0.1) is 35.3 Å². The number of amides is 1. The Balaban J connectivity index is 1.47. The van der Waals surface area contributed by atoms with Gasteiger partial charge in [-0.3, -0.25) is 14.8 Å². The fraction of sp³-hybridized carbons (Fsp3) is 0.185. The molecule has 0 spiro atoms. The number of nitrogens with one attached hydrogen (secondary N) is 2. The van der Waals surface area contributed by atoms with E-state index >= 15 is 0 Å². The predicted molar refractivity (Wildman–Crippen MR) is 140 cm³/mol. The van der Waals surface area contributed by atoms with Gasteiger partial charge in [-0.25, -0.2) is 4.39 Å². The molecule has 1 aromatic carbocycles. The first kappa shape index (κ1) is 23.6. The molecule has 4 aromatic rings. The van der Waals surface area contributed by atoms with Gasteiger partial charge in [0.15, 0.2) is 5.11 Å². The Morgan fingerprint density at radius 2 is 1.92 bits per heavy atom. The molecule has 2 atom stereocenters. The summed E-state index contributed by atoms with van der Waals surface area (Å²) in [7, 11) is 0. The number of aromatic nitrogens is 3. The molecule has 5 rings (SSSR count). The minimum Gasteiger partial charge on any atom is -0.352 e. The summed E-state index contributed by atoms with van der Waals surface area (Å²) < 4.78 is 16.2. The number of carbonyl (C=O) groups is 1. The summed E-state index contributed by atoms with van der Waals surface area (Å²) >= 11 is 5.74. The second-order valence-electron chi connectivity index (χ2n) is 8.54. The van der Waals surface area contributed by atoms with E-state index in [1.54, 1.807) is 30.6 Å². The van der Waals surface area contributed by atoms with Crippen molar-refractivity contribution in [3.63, 3.8) is 0 Å². The number of hydrogen-bond acceptors (Lipinski definition) is 4. The van der Waals surface area contributed by atoms with E-state index in [1.165, 1.54) is 6.07 Å². The number of carbonyl (C=O) groups excluding carboxylic acids is 1. The summed E-state index contributed by atoms with van der Waals surface area (Å²) in [6.07, 6.45) is 5.45. The molecule has 1 aliphatic rings. The van der Waals surface area contributed by atoms with Crippen molar-refractivity contribution in [2.24, 2.45) is 0 Å². The lowest BCUT2D eigenvalue weighted by molar-refractivity contribution is -0.116. The third-order valence-electron chi connectivity index (χ3n) is 6.24. The quantitative estimate of drug-likeness (QED) is 0.358. The maximum absolute atomic E-state index is 14.0. The summed E-state index contributed by atoms with van der Waals surface area (Å²) in [6.45, 7) is 2.39. The van der Waals surface area contributed by atoms with Crippen LogP contribution in [0.1, 0.15) is 35.6 Å². The molecule has 4 heterocycles. The molecule has 182 valence electrons. The zero-order valence-corrected chi connectivity index (χ0v) is 20.5. The minimum atomic E-state index is -0.470. The Bertz CT molecular complexity index is 1380. The van der Waals surface area contributed by atoms with Crippen LogP contribution in [0.25, 0.3) is 5.69 Å². The van der Waals surface area contributed by atoms with Gasteiger partial charge in [0, 0.05) is 36.7 Å². The summed E-state index contributed by atoms with van der Waals surface area (Å²) in [4.78, 5) is 23.6. The molecule has 0 aliphatic carbocycles. The second kappa shape index (κ2) is 10.2. The third-order valence-corrected chi connectivity index (χ3v) is 6.59. The molecule has 1 saturated heterocycles. The van der Waals surface area contributed by atoms with Gasteiger partial charge >= 0.3 is 0 Å². The van der Waals surface area contributed by atoms with Crippen molar-refractivity contribution in [1.29, 1.82) is 0 Å². The largest absolute Gasteiger partial charge is 0.352 e. The van der Waals surface area contributed by atoms with Crippen LogP contribution in [0.4, 0.5) is 10.1 Å². The SMILES string of the molecule is Cc1ccc([C@H]2[C@H](c3ccccn3)NC(=S)N2CCC(=O)Nc2ccccc2F)n1-c1cccnc1. The Hall–Kier alpha value is -4.11. The van der Waals surface area contributed by atoms with Crippen molar-refractivity contribution in [2.75, 3.05) is 11.9 Å². The topological polar surface area (TPSA) is 75.1 Å². The van der Waals surface area contributed by atoms with Crippen molar-refractivity contribution >= 4 is 28.9 Å². The molecule has 36 heavy (non-hydrogen) atoms. The Labute approximate surface area is 214 Å². The van der Waals surface area contributed by atoms with E-state index in [2.05, 4.69) is 37.3 Å². The summed E-state index contributed by atoms with van der Waals surface area (Å²) in [6, 6.07) is 19.5. The van der Waals surface area contributed by atoms with E-state index in [9.17, 15) is 9.18 Å². The fourth-order valence-corrected chi connectivity index (χ4v) is 4.93. The van der Waals surface area contributed by atoms with Gasteiger partial charge < -0.3 is 20.1 Å². The van der Waals surface area contributed by atoms with Gasteiger partial charge in [-0.05, 0) is 67.7 Å². The molecular weight excluding hydrogens is 475 g/mol. The van der Waals surface area contributed by atoms with Crippen molar-refractivity contribution in [1.82, 2.24) is 24.8 Å². The lowest BCUT2D eigenvalue weighted by Crippen LogP contribution is -2.33. The highest BCUT2D eigenvalue weighted by Crippen LogP contribution is 2.40. The van der Waals surface area contributed by atoms with Crippen LogP contribution in [0.5, 0.6) is 0 Å². The first-order valence-corrected chi connectivity index (χ1v) is 12.0. The Morgan fingerprint density at radius 1 is 1.08 bits per heavy atom. The van der Waals surface area contributed by atoms with E-state index < -0.39 is 5.82 Å². The number of halogens is 1. The van der Waals surface area contributed by atoms with Gasteiger partial charge in [-0.1, -0.05) is 18.2 Å². The van der Waals surface area contributed by atoms with Crippen molar-refractivity contribution in [3.05, 3.63) is 108 Å². The van der Waals surface area contributed by atoms with Crippen LogP contribution < -0.4 is 10.6 Å². The molecule has 2 N–H and O–H groups in total. The van der Waals surface area contributed by atoms with Crippen LogP contribution in [0.3, 0.4) is 0 Å². The Kier molecular flexibility index (Phi) is 6.73. The number of thiocarbonyl (C=S) groups is 1. The highest BCUT2D eigenvalue weighted by molar-refractivity contribution is 7.80.